The Morgan fingerprint density at radius 1 is 1.08 bits per heavy atom. The lowest BCUT2D eigenvalue weighted by molar-refractivity contribution is -0.275. The van der Waals surface area contributed by atoms with E-state index in [9.17, 15) is 28.0 Å². The number of aromatic nitrogens is 2. The lowest BCUT2D eigenvalue weighted by Gasteiger charge is -2.36. The van der Waals surface area contributed by atoms with E-state index < -0.39 is 11.8 Å². The molecule has 0 amide bonds. The number of benzene rings is 2. The van der Waals surface area contributed by atoms with Gasteiger partial charge in [0.2, 0.25) is 0 Å². The summed E-state index contributed by atoms with van der Waals surface area (Å²) in [5.74, 6) is -0.334. The molecule has 39 heavy (non-hydrogen) atoms. The van der Waals surface area contributed by atoms with E-state index in [1.165, 1.54) is 22.8 Å². The summed E-state index contributed by atoms with van der Waals surface area (Å²) in [6, 6.07) is 17.7. The third-order valence-electron chi connectivity index (χ3n) is 7.28. The minimum Gasteiger partial charge on any atom is -0.405 e. The summed E-state index contributed by atoms with van der Waals surface area (Å²) in [6.45, 7) is 2.88. The third kappa shape index (κ3) is 6.79. The zero-order valence-electron chi connectivity index (χ0n) is 21.7. The van der Waals surface area contributed by atoms with Crippen LogP contribution in [0.4, 0.5) is 13.2 Å². The van der Waals surface area contributed by atoms with E-state index in [4.69, 9.17) is 0 Å². The molecule has 0 bridgehead atoms. The van der Waals surface area contributed by atoms with E-state index in [0.29, 0.717) is 50.8 Å². The highest BCUT2D eigenvalue weighted by molar-refractivity contribution is 5.44. The second-order valence-electron chi connectivity index (χ2n) is 9.98. The molecule has 1 saturated carbocycles. The summed E-state index contributed by atoms with van der Waals surface area (Å²) in [5.41, 5.74) is -0.00341. The number of rotatable bonds is 9. The molecular weight excluding hydrogens is 509 g/mol. The molecule has 0 saturated heterocycles. The molecule has 0 radical (unpaired) electrons. The Hall–Kier alpha value is -3.84. The van der Waals surface area contributed by atoms with Crippen LogP contribution in [0.2, 0.25) is 0 Å². The number of alkyl halides is 3. The van der Waals surface area contributed by atoms with Gasteiger partial charge in [0, 0.05) is 29.9 Å². The number of nitrogens with zero attached hydrogens (tertiary/aromatic N) is 3. The van der Waals surface area contributed by atoms with Gasteiger partial charge in [0.25, 0.3) is 5.56 Å². The monoisotopic (exact) mass is 540 g/mol. The average molecular weight is 541 g/mol. The van der Waals surface area contributed by atoms with Gasteiger partial charge in [-0.15, -0.1) is 13.2 Å². The fourth-order valence-corrected chi connectivity index (χ4v) is 5.26. The van der Waals surface area contributed by atoms with Crippen molar-refractivity contribution < 1.29 is 17.9 Å². The van der Waals surface area contributed by atoms with Gasteiger partial charge in [-0.1, -0.05) is 48.5 Å². The summed E-state index contributed by atoms with van der Waals surface area (Å²) < 4.78 is 45.7. The van der Waals surface area contributed by atoms with Crippen LogP contribution >= 0.6 is 0 Å². The zero-order valence-corrected chi connectivity index (χ0v) is 21.7. The second-order valence-corrected chi connectivity index (χ2v) is 9.98. The van der Waals surface area contributed by atoms with Gasteiger partial charge >= 0.3 is 12.1 Å². The fraction of sp³-hybridized carbons (Fsp3) is 0.414. The van der Waals surface area contributed by atoms with Gasteiger partial charge in [-0.05, 0) is 57.2 Å². The summed E-state index contributed by atoms with van der Waals surface area (Å²) in [7, 11) is 0. The SMILES string of the molecule is Cc1cn(Cc2ccccc2)c(=O)n(CCCNC2CCC(C#N)(c3ccccc3OC(F)(F)F)CC2)c1=O. The molecule has 10 heteroatoms. The molecule has 1 aromatic heterocycles. The van der Waals surface area contributed by atoms with Crippen molar-refractivity contribution in [3.8, 4) is 11.8 Å². The topological polar surface area (TPSA) is 89.1 Å². The molecule has 0 unspecified atom stereocenters. The van der Waals surface area contributed by atoms with Crippen LogP contribution in [0.3, 0.4) is 0 Å². The molecule has 1 aliphatic rings. The van der Waals surface area contributed by atoms with Gasteiger partial charge < -0.3 is 10.1 Å². The largest absolute Gasteiger partial charge is 0.573 e. The Kier molecular flexibility index (Phi) is 8.60. The Bertz CT molecular complexity index is 1430. The van der Waals surface area contributed by atoms with E-state index >= 15 is 0 Å². The van der Waals surface area contributed by atoms with E-state index in [-0.39, 0.29) is 35.1 Å². The van der Waals surface area contributed by atoms with Gasteiger partial charge in [0.15, 0.2) is 0 Å². The van der Waals surface area contributed by atoms with Gasteiger partial charge in [-0.3, -0.25) is 13.9 Å². The molecule has 7 nitrogen and oxygen atoms in total. The number of ether oxygens (including phenoxy) is 1. The van der Waals surface area contributed by atoms with Crippen molar-refractivity contribution in [1.82, 2.24) is 14.5 Å². The Labute approximate surface area is 224 Å². The van der Waals surface area contributed by atoms with Gasteiger partial charge in [-0.25, -0.2) is 4.79 Å². The number of nitrogens with one attached hydrogen (secondary N) is 1. The number of para-hydroxylation sites is 1. The highest BCUT2D eigenvalue weighted by Crippen LogP contribution is 2.44. The average Bonchev–Trinajstić information content (AvgIpc) is 2.92. The lowest BCUT2D eigenvalue weighted by atomic mass is 9.69. The van der Waals surface area contributed by atoms with Gasteiger partial charge in [-0.2, -0.15) is 5.26 Å². The van der Waals surface area contributed by atoms with Crippen LogP contribution in [0.1, 0.15) is 48.8 Å². The van der Waals surface area contributed by atoms with Gasteiger partial charge in [0.1, 0.15) is 5.75 Å². The highest BCUT2D eigenvalue weighted by Gasteiger charge is 2.41. The predicted molar refractivity (Wildman–Crippen MR) is 141 cm³/mol. The van der Waals surface area contributed by atoms with E-state index in [1.54, 1.807) is 23.8 Å². The summed E-state index contributed by atoms with van der Waals surface area (Å²) >= 11 is 0. The van der Waals surface area contributed by atoms with Crippen LogP contribution in [-0.2, 0) is 18.5 Å². The van der Waals surface area contributed by atoms with Crippen LogP contribution < -0.4 is 21.3 Å². The van der Waals surface area contributed by atoms with E-state index in [2.05, 4.69) is 16.1 Å². The molecule has 2 aromatic carbocycles. The van der Waals surface area contributed by atoms with E-state index in [0.717, 1.165) is 5.56 Å². The quantitative estimate of drug-likeness (QED) is 0.399. The molecule has 4 rings (SSSR count). The smallest absolute Gasteiger partial charge is 0.405 e. The molecule has 1 N–H and O–H groups in total. The number of hydrogen-bond acceptors (Lipinski definition) is 5. The Morgan fingerprint density at radius 3 is 2.41 bits per heavy atom. The normalized spacial score (nSPS) is 19.4. The van der Waals surface area contributed by atoms with Crippen LogP contribution in [-0.4, -0.2) is 28.1 Å². The van der Waals surface area contributed by atoms with Crippen LogP contribution in [0.25, 0.3) is 0 Å². The molecular formula is C29H31F3N4O3. The molecule has 0 spiro atoms. The Balaban J connectivity index is 1.35. The molecule has 0 aliphatic heterocycles. The number of aryl methyl sites for hydroxylation is 1. The molecule has 1 fully saturated rings. The molecule has 3 aromatic rings. The first kappa shape index (κ1) is 28.2. The maximum atomic E-state index is 13.0. The van der Waals surface area contributed by atoms with Crippen molar-refractivity contribution in [2.45, 2.75) is 69.9 Å². The number of hydrogen-bond donors (Lipinski definition) is 1. The maximum Gasteiger partial charge on any atom is 0.573 e. The van der Waals surface area contributed by atoms with E-state index in [1.807, 2.05) is 30.3 Å². The first-order valence-electron chi connectivity index (χ1n) is 13.0. The molecule has 1 aliphatic carbocycles. The molecule has 206 valence electrons. The first-order valence-corrected chi connectivity index (χ1v) is 13.0. The third-order valence-corrected chi connectivity index (χ3v) is 7.28. The second kappa shape index (κ2) is 11.9. The standard InChI is InChI=1S/C29H31F3N4O3/c1-21-18-35(19-22-8-3-2-4-9-22)27(38)36(26(21)37)17-7-16-34-23-12-14-28(20-33,15-13-23)24-10-5-6-11-25(24)39-29(30,31)32/h2-6,8-11,18,23,34H,7,12-17,19H2,1H3. The summed E-state index contributed by atoms with van der Waals surface area (Å²) in [4.78, 5) is 25.7. The van der Waals surface area contributed by atoms with Crippen molar-refractivity contribution in [3.05, 3.63) is 98.3 Å². The maximum absolute atomic E-state index is 13.0. The van der Waals surface area contributed by atoms with Crippen molar-refractivity contribution in [2.24, 2.45) is 0 Å². The molecule has 0 atom stereocenters. The molecule has 1 heterocycles. The van der Waals surface area contributed by atoms with Crippen molar-refractivity contribution >= 4 is 0 Å². The van der Waals surface area contributed by atoms with Crippen molar-refractivity contribution in [1.29, 1.82) is 5.26 Å². The first-order chi connectivity index (χ1) is 18.6. The van der Waals surface area contributed by atoms with Crippen LogP contribution in [0, 0.1) is 18.3 Å². The fourth-order valence-electron chi connectivity index (χ4n) is 5.26. The van der Waals surface area contributed by atoms with Gasteiger partial charge in [0.05, 0.1) is 18.0 Å². The number of halogens is 3. The van der Waals surface area contributed by atoms with Crippen molar-refractivity contribution in [3.63, 3.8) is 0 Å². The summed E-state index contributed by atoms with van der Waals surface area (Å²) in [5, 5.41) is 13.4. The van der Waals surface area contributed by atoms with Crippen molar-refractivity contribution in [2.75, 3.05) is 6.54 Å². The van der Waals surface area contributed by atoms with Crippen LogP contribution in [0.5, 0.6) is 5.75 Å². The highest BCUT2D eigenvalue weighted by atomic mass is 19.4. The Morgan fingerprint density at radius 2 is 1.74 bits per heavy atom. The lowest BCUT2D eigenvalue weighted by Crippen LogP contribution is -2.42. The number of nitriles is 1. The zero-order chi connectivity index (χ0) is 28.0. The van der Waals surface area contributed by atoms with Crippen LogP contribution in [0.15, 0.2) is 70.4 Å². The predicted octanol–water partition coefficient (Wildman–Crippen LogP) is 4.65. The minimum absolute atomic E-state index is 0.0751. The minimum atomic E-state index is -4.84. The summed E-state index contributed by atoms with van der Waals surface area (Å²) in [6.07, 6.45) is -0.721.